The molecule has 0 radical (unpaired) electrons. The van der Waals surface area contributed by atoms with Crippen molar-refractivity contribution in [1.29, 1.82) is 0 Å². The first-order chi connectivity index (χ1) is 9.53. The second-order valence-corrected chi connectivity index (χ2v) is 6.59. The van der Waals surface area contributed by atoms with Gasteiger partial charge in [0.05, 0.1) is 0 Å². The van der Waals surface area contributed by atoms with Crippen LogP contribution in [0.2, 0.25) is 0 Å². The van der Waals surface area contributed by atoms with Crippen LogP contribution in [0.25, 0.3) is 0 Å². The number of halogens is 1. The number of rotatable bonds is 6. The zero-order valence-corrected chi connectivity index (χ0v) is 14.1. The summed E-state index contributed by atoms with van der Waals surface area (Å²) in [6.07, 6.45) is 3.32. The zero-order valence-electron chi connectivity index (χ0n) is 12.5. The van der Waals surface area contributed by atoms with E-state index in [1.54, 1.807) is 0 Å². The molecular formula is C17H23BrN2. The Morgan fingerprint density at radius 1 is 1.15 bits per heavy atom. The van der Waals surface area contributed by atoms with Crippen LogP contribution >= 0.6 is 15.9 Å². The molecule has 1 aromatic heterocycles. The van der Waals surface area contributed by atoms with Gasteiger partial charge in [-0.2, -0.15) is 0 Å². The molecule has 0 unspecified atom stereocenters. The highest BCUT2D eigenvalue weighted by Gasteiger charge is 2.19. The first-order valence-corrected chi connectivity index (χ1v) is 7.97. The number of aromatic nitrogens is 1. The van der Waals surface area contributed by atoms with Gasteiger partial charge in [0.15, 0.2) is 0 Å². The molecule has 0 bridgehead atoms. The van der Waals surface area contributed by atoms with Gasteiger partial charge in [0.1, 0.15) is 0 Å². The molecular weight excluding hydrogens is 312 g/mol. The van der Waals surface area contributed by atoms with E-state index in [0.717, 1.165) is 24.0 Å². The molecule has 108 valence electrons. The topological polar surface area (TPSA) is 17.0 Å². The van der Waals surface area contributed by atoms with Crippen molar-refractivity contribution >= 4 is 15.9 Å². The Morgan fingerprint density at radius 2 is 1.85 bits per heavy atom. The summed E-state index contributed by atoms with van der Waals surface area (Å²) >= 11 is 3.49. The molecule has 0 amide bonds. The fourth-order valence-electron chi connectivity index (χ4n) is 2.35. The maximum Gasteiger partial charge on any atom is 0.0380 e. The number of nitrogens with one attached hydrogen (secondary N) is 1. The molecule has 1 heterocycles. The van der Waals surface area contributed by atoms with Gasteiger partial charge in [0.2, 0.25) is 0 Å². The van der Waals surface area contributed by atoms with Crippen LogP contribution in [0, 0.1) is 0 Å². The summed E-state index contributed by atoms with van der Waals surface area (Å²) in [4.78, 5) is 0. The van der Waals surface area contributed by atoms with E-state index in [4.69, 9.17) is 0 Å². The number of hydrogen-bond acceptors (Lipinski definition) is 1. The zero-order chi connectivity index (χ0) is 14.6. The highest BCUT2D eigenvalue weighted by molar-refractivity contribution is 9.10. The van der Waals surface area contributed by atoms with Gasteiger partial charge in [-0.05, 0) is 50.1 Å². The predicted octanol–water partition coefficient (Wildman–Crippen LogP) is 4.69. The Morgan fingerprint density at radius 3 is 2.50 bits per heavy atom. The lowest BCUT2D eigenvalue weighted by molar-refractivity contribution is 0.393. The van der Waals surface area contributed by atoms with Crippen molar-refractivity contribution < 1.29 is 0 Å². The largest absolute Gasteiger partial charge is 0.350 e. The highest BCUT2D eigenvalue weighted by atomic mass is 79.9. The van der Waals surface area contributed by atoms with Gasteiger partial charge in [0, 0.05) is 35.0 Å². The van der Waals surface area contributed by atoms with Crippen LogP contribution < -0.4 is 5.32 Å². The molecule has 0 spiro atoms. The Hall–Kier alpha value is -1.06. The van der Waals surface area contributed by atoms with E-state index in [1.807, 2.05) is 0 Å². The van der Waals surface area contributed by atoms with Gasteiger partial charge in [-0.3, -0.25) is 0 Å². The van der Waals surface area contributed by atoms with E-state index in [-0.39, 0.29) is 5.54 Å². The smallest absolute Gasteiger partial charge is 0.0380 e. The van der Waals surface area contributed by atoms with Crippen LogP contribution in [-0.2, 0) is 18.6 Å². The standard InChI is InChI=1S/C17H23BrN2/c1-4-11-20-12-5-6-16(20)13-19-17(2,3)14-7-9-15(18)10-8-14/h5-10,12,19H,4,11,13H2,1-3H3. The fraction of sp³-hybridized carbons (Fsp3) is 0.412. The van der Waals surface area contributed by atoms with Crippen molar-refractivity contribution in [3.05, 3.63) is 58.3 Å². The number of aryl methyl sites for hydroxylation is 1. The lowest BCUT2D eigenvalue weighted by atomic mass is 9.94. The van der Waals surface area contributed by atoms with E-state index < -0.39 is 0 Å². The third-order valence-corrected chi connectivity index (χ3v) is 4.19. The molecule has 0 aliphatic heterocycles. The first kappa shape index (κ1) is 15.3. The van der Waals surface area contributed by atoms with Gasteiger partial charge in [-0.25, -0.2) is 0 Å². The second kappa shape index (κ2) is 6.59. The van der Waals surface area contributed by atoms with Crippen LogP contribution in [0.15, 0.2) is 47.1 Å². The summed E-state index contributed by atoms with van der Waals surface area (Å²) in [5.41, 5.74) is 2.61. The molecule has 2 aromatic rings. The quantitative estimate of drug-likeness (QED) is 0.811. The third kappa shape index (κ3) is 3.74. The summed E-state index contributed by atoms with van der Waals surface area (Å²) < 4.78 is 3.44. The Labute approximate surface area is 130 Å². The molecule has 3 heteroatoms. The Kier molecular flexibility index (Phi) is 5.06. The molecule has 0 atom stereocenters. The lowest BCUT2D eigenvalue weighted by Gasteiger charge is -2.27. The van der Waals surface area contributed by atoms with Crippen molar-refractivity contribution in [1.82, 2.24) is 9.88 Å². The van der Waals surface area contributed by atoms with Gasteiger partial charge < -0.3 is 9.88 Å². The minimum atomic E-state index is -0.0397. The van der Waals surface area contributed by atoms with Crippen molar-refractivity contribution in [2.75, 3.05) is 0 Å². The van der Waals surface area contributed by atoms with Crippen LogP contribution in [-0.4, -0.2) is 4.57 Å². The molecule has 20 heavy (non-hydrogen) atoms. The molecule has 0 aliphatic carbocycles. The second-order valence-electron chi connectivity index (χ2n) is 5.68. The molecule has 0 fully saturated rings. The maximum absolute atomic E-state index is 3.66. The highest BCUT2D eigenvalue weighted by Crippen LogP contribution is 2.22. The normalized spacial score (nSPS) is 11.8. The summed E-state index contributed by atoms with van der Waals surface area (Å²) in [7, 11) is 0. The lowest BCUT2D eigenvalue weighted by Crippen LogP contribution is -2.36. The number of hydrogen-bond donors (Lipinski definition) is 1. The van der Waals surface area contributed by atoms with E-state index in [2.05, 4.69) is 89.2 Å². The van der Waals surface area contributed by atoms with E-state index in [0.29, 0.717) is 0 Å². The van der Waals surface area contributed by atoms with Gasteiger partial charge in [-0.1, -0.05) is 35.0 Å². The molecule has 2 rings (SSSR count). The molecule has 2 nitrogen and oxygen atoms in total. The maximum atomic E-state index is 3.66. The Balaban J connectivity index is 2.05. The SMILES string of the molecule is CCCn1cccc1CNC(C)(C)c1ccc(Br)cc1. The van der Waals surface area contributed by atoms with Gasteiger partial charge in [-0.15, -0.1) is 0 Å². The summed E-state index contributed by atoms with van der Waals surface area (Å²) in [5, 5.41) is 3.66. The van der Waals surface area contributed by atoms with Crippen molar-refractivity contribution in [2.45, 2.75) is 45.8 Å². The van der Waals surface area contributed by atoms with Crippen molar-refractivity contribution in [3.63, 3.8) is 0 Å². The van der Waals surface area contributed by atoms with Gasteiger partial charge in [0.25, 0.3) is 0 Å². The van der Waals surface area contributed by atoms with Crippen LogP contribution in [0.1, 0.15) is 38.4 Å². The predicted molar refractivity (Wildman–Crippen MR) is 88.7 cm³/mol. The van der Waals surface area contributed by atoms with Crippen LogP contribution in [0.4, 0.5) is 0 Å². The first-order valence-electron chi connectivity index (χ1n) is 7.18. The average molecular weight is 335 g/mol. The molecule has 0 saturated heterocycles. The van der Waals surface area contributed by atoms with E-state index in [1.165, 1.54) is 11.3 Å². The van der Waals surface area contributed by atoms with E-state index >= 15 is 0 Å². The van der Waals surface area contributed by atoms with Crippen LogP contribution in [0.5, 0.6) is 0 Å². The molecule has 1 N–H and O–H groups in total. The van der Waals surface area contributed by atoms with Crippen LogP contribution in [0.3, 0.4) is 0 Å². The fourth-order valence-corrected chi connectivity index (χ4v) is 2.61. The molecule has 0 saturated carbocycles. The minimum Gasteiger partial charge on any atom is -0.350 e. The third-order valence-electron chi connectivity index (χ3n) is 3.67. The Bertz CT molecular complexity index is 540. The number of benzene rings is 1. The monoisotopic (exact) mass is 334 g/mol. The molecule has 0 aliphatic rings. The van der Waals surface area contributed by atoms with Crippen molar-refractivity contribution in [3.8, 4) is 0 Å². The summed E-state index contributed by atoms with van der Waals surface area (Å²) in [6.45, 7) is 8.63. The summed E-state index contributed by atoms with van der Waals surface area (Å²) in [5.74, 6) is 0. The van der Waals surface area contributed by atoms with Gasteiger partial charge >= 0.3 is 0 Å². The van der Waals surface area contributed by atoms with E-state index in [9.17, 15) is 0 Å². The molecule has 1 aromatic carbocycles. The number of nitrogens with zero attached hydrogens (tertiary/aromatic N) is 1. The summed E-state index contributed by atoms with van der Waals surface area (Å²) in [6, 6.07) is 12.8. The van der Waals surface area contributed by atoms with Crippen molar-refractivity contribution in [2.24, 2.45) is 0 Å². The average Bonchev–Trinajstić information content (AvgIpc) is 2.85. The minimum absolute atomic E-state index is 0.0397.